The van der Waals surface area contributed by atoms with Gasteiger partial charge in [0.05, 0.1) is 6.04 Å². The summed E-state index contributed by atoms with van der Waals surface area (Å²) >= 11 is 0. The van der Waals surface area contributed by atoms with E-state index in [1.54, 1.807) is 16.6 Å². The van der Waals surface area contributed by atoms with Gasteiger partial charge in [-0.05, 0) is 18.6 Å². The van der Waals surface area contributed by atoms with Gasteiger partial charge in [0.2, 0.25) is 5.91 Å². The minimum absolute atomic E-state index is 0.00486. The predicted octanol–water partition coefficient (Wildman–Crippen LogP) is 1.04. The van der Waals surface area contributed by atoms with Crippen molar-refractivity contribution in [1.29, 1.82) is 0 Å². The first-order valence-corrected chi connectivity index (χ1v) is 7.56. The van der Waals surface area contributed by atoms with Crippen LogP contribution in [0, 0.1) is 0 Å². The van der Waals surface area contributed by atoms with E-state index in [2.05, 4.69) is 15.4 Å². The molecule has 7 nitrogen and oxygen atoms in total. The van der Waals surface area contributed by atoms with Crippen LogP contribution in [0.2, 0.25) is 0 Å². The zero-order valence-electron chi connectivity index (χ0n) is 13.2. The van der Waals surface area contributed by atoms with Crippen LogP contribution in [0.4, 0.5) is 0 Å². The van der Waals surface area contributed by atoms with Gasteiger partial charge in [0, 0.05) is 32.1 Å². The van der Waals surface area contributed by atoms with E-state index in [9.17, 15) is 9.59 Å². The molecule has 0 radical (unpaired) electrons. The summed E-state index contributed by atoms with van der Waals surface area (Å²) in [4.78, 5) is 30.1. The molecule has 0 spiro atoms. The molecule has 0 saturated heterocycles. The van der Waals surface area contributed by atoms with Crippen LogP contribution in [-0.4, -0.2) is 38.0 Å². The van der Waals surface area contributed by atoms with Gasteiger partial charge in [0.1, 0.15) is 12.2 Å². The largest absolute Gasteiger partial charge is 0.346 e. The second-order valence-electron chi connectivity index (χ2n) is 5.66. The van der Waals surface area contributed by atoms with Gasteiger partial charge in [0.25, 0.3) is 5.91 Å². The zero-order valence-corrected chi connectivity index (χ0v) is 13.2. The average molecular weight is 313 g/mol. The van der Waals surface area contributed by atoms with Crippen molar-refractivity contribution in [2.75, 3.05) is 6.54 Å². The van der Waals surface area contributed by atoms with Crippen molar-refractivity contribution < 1.29 is 9.59 Å². The lowest BCUT2D eigenvalue weighted by molar-refractivity contribution is -0.122. The summed E-state index contributed by atoms with van der Waals surface area (Å²) in [6.45, 7) is 2.84. The molecule has 1 unspecified atom stereocenters. The Labute approximate surface area is 134 Å². The van der Waals surface area contributed by atoms with Gasteiger partial charge in [-0.15, -0.1) is 0 Å². The van der Waals surface area contributed by atoms with Gasteiger partial charge in [-0.25, -0.2) is 4.98 Å². The molecule has 23 heavy (non-hydrogen) atoms. The van der Waals surface area contributed by atoms with Crippen LogP contribution in [0.3, 0.4) is 0 Å². The summed E-state index contributed by atoms with van der Waals surface area (Å²) in [7, 11) is 1.78. The number of fused-ring (bicyclic) bond motifs is 1. The Morgan fingerprint density at radius 2 is 2.17 bits per heavy atom. The molecule has 2 heterocycles. The second kappa shape index (κ2) is 6.20. The molecule has 0 saturated carbocycles. The first kappa shape index (κ1) is 15.2. The van der Waals surface area contributed by atoms with E-state index in [-0.39, 0.29) is 24.3 Å². The zero-order chi connectivity index (χ0) is 16.4. The number of benzene rings is 1. The maximum Gasteiger partial charge on any atom is 0.254 e. The molecule has 1 aromatic carbocycles. The number of nitrogens with zero attached hydrogens (tertiary/aromatic N) is 4. The van der Waals surface area contributed by atoms with Crippen LogP contribution >= 0.6 is 0 Å². The van der Waals surface area contributed by atoms with Crippen LogP contribution in [-0.2, 0) is 18.4 Å². The molecule has 1 aromatic heterocycles. The Hall–Kier alpha value is -2.70. The van der Waals surface area contributed by atoms with Gasteiger partial charge < -0.3 is 10.2 Å². The molecule has 1 atom stereocenters. The minimum Gasteiger partial charge on any atom is -0.346 e. The topological polar surface area (TPSA) is 80.1 Å². The van der Waals surface area contributed by atoms with E-state index in [0.717, 1.165) is 11.1 Å². The van der Waals surface area contributed by atoms with Crippen molar-refractivity contribution in [1.82, 2.24) is 25.0 Å². The van der Waals surface area contributed by atoms with Crippen molar-refractivity contribution in [3.05, 3.63) is 47.5 Å². The molecule has 120 valence electrons. The summed E-state index contributed by atoms with van der Waals surface area (Å²) in [5.74, 6) is 0.585. The third-order valence-corrected chi connectivity index (χ3v) is 4.02. The van der Waals surface area contributed by atoms with Crippen molar-refractivity contribution >= 4 is 11.8 Å². The SMILES string of the molecule is CC(NC(=O)CCN1Cc2ccccc2C1=O)c1ncnn1C. The van der Waals surface area contributed by atoms with Gasteiger partial charge in [-0.3, -0.25) is 14.3 Å². The molecule has 0 fully saturated rings. The Balaban J connectivity index is 1.52. The van der Waals surface area contributed by atoms with Gasteiger partial charge in [0.15, 0.2) is 0 Å². The molecule has 2 amide bonds. The highest BCUT2D eigenvalue weighted by atomic mass is 16.2. The smallest absolute Gasteiger partial charge is 0.254 e. The molecular weight excluding hydrogens is 294 g/mol. The fourth-order valence-electron chi connectivity index (χ4n) is 2.81. The van der Waals surface area contributed by atoms with E-state index >= 15 is 0 Å². The first-order valence-electron chi connectivity index (χ1n) is 7.56. The number of hydrogen-bond donors (Lipinski definition) is 1. The lowest BCUT2D eigenvalue weighted by atomic mass is 10.1. The van der Waals surface area contributed by atoms with Crippen LogP contribution < -0.4 is 5.32 Å². The summed E-state index contributed by atoms with van der Waals surface area (Å²) in [6, 6.07) is 7.33. The van der Waals surface area contributed by atoms with E-state index < -0.39 is 0 Å². The third kappa shape index (κ3) is 3.08. The Morgan fingerprint density at radius 3 is 2.87 bits per heavy atom. The van der Waals surface area contributed by atoms with Crippen molar-refractivity contribution in [2.24, 2.45) is 7.05 Å². The number of carbonyl (C=O) groups is 2. The highest BCUT2D eigenvalue weighted by Gasteiger charge is 2.27. The molecule has 2 aromatic rings. The standard InChI is InChI=1S/C16H19N5O2/c1-11(15-17-10-18-20(15)2)19-14(22)7-8-21-9-12-5-3-4-6-13(12)16(21)23/h3-6,10-11H,7-9H2,1-2H3,(H,19,22). The number of carbonyl (C=O) groups excluding carboxylic acids is 2. The fourth-order valence-corrected chi connectivity index (χ4v) is 2.81. The molecule has 3 rings (SSSR count). The highest BCUT2D eigenvalue weighted by molar-refractivity contribution is 5.98. The van der Waals surface area contributed by atoms with Crippen molar-refractivity contribution in [3.63, 3.8) is 0 Å². The molecule has 1 aliphatic rings. The molecule has 7 heteroatoms. The third-order valence-electron chi connectivity index (χ3n) is 4.02. The normalized spacial score (nSPS) is 14.7. The van der Waals surface area contributed by atoms with Gasteiger partial charge >= 0.3 is 0 Å². The Morgan fingerprint density at radius 1 is 1.39 bits per heavy atom. The number of aryl methyl sites for hydroxylation is 1. The van der Waals surface area contributed by atoms with E-state index in [0.29, 0.717) is 18.9 Å². The fraction of sp³-hybridized carbons (Fsp3) is 0.375. The highest BCUT2D eigenvalue weighted by Crippen LogP contribution is 2.22. The van der Waals surface area contributed by atoms with Crippen LogP contribution in [0.1, 0.15) is 41.1 Å². The summed E-state index contributed by atoms with van der Waals surface area (Å²) in [5.41, 5.74) is 1.76. The van der Waals surface area contributed by atoms with E-state index in [4.69, 9.17) is 0 Å². The van der Waals surface area contributed by atoms with E-state index in [1.165, 1.54) is 6.33 Å². The monoisotopic (exact) mass is 313 g/mol. The minimum atomic E-state index is -0.221. The molecule has 1 N–H and O–H groups in total. The molecular formula is C16H19N5O2. The van der Waals surface area contributed by atoms with Crippen LogP contribution in [0.25, 0.3) is 0 Å². The molecule has 0 bridgehead atoms. The Bertz CT molecular complexity index is 740. The number of rotatable bonds is 5. The van der Waals surface area contributed by atoms with Gasteiger partial charge in [-0.2, -0.15) is 5.10 Å². The maximum absolute atomic E-state index is 12.2. The average Bonchev–Trinajstić information content (AvgIpc) is 3.10. The predicted molar refractivity (Wildman–Crippen MR) is 83.4 cm³/mol. The Kier molecular flexibility index (Phi) is 4.10. The first-order chi connectivity index (χ1) is 11.1. The summed E-state index contributed by atoms with van der Waals surface area (Å²) < 4.78 is 1.63. The van der Waals surface area contributed by atoms with E-state index in [1.807, 2.05) is 31.2 Å². The van der Waals surface area contributed by atoms with Crippen molar-refractivity contribution in [2.45, 2.75) is 25.9 Å². The summed E-state index contributed by atoms with van der Waals surface area (Å²) in [6.07, 6.45) is 1.72. The summed E-state index contributed by atoms with van der Waals surface area (Å²) in [5, 5.41) is 6.87. The molecule has 0 aliphatic carbocycles. The number of nitrogens with one attached hydrogen (secondary N) is 1. The van der Waals surface area contributed by atoms with Crippen LogP contribution in [0.5, 0.6) is 0 Å². The lowest BCUT2D eigenvalue weighted by Gasteiger charge is -2.17. The maximum atomic E-state index is 12.2. The second-order valence-corrected chi connectivity index (χ2v) is 5.66. The van der Waals surface area contributed by atoms with Gasteiger partial charge in [-0.1, -0.05) is 18.2 Å². The van der Waals surface area contributed by atoms with Crippen molar-refractivity contribution in [3.8, 4) is 0 Å². The quantitative estimate of drug-likeness (QED) is 0.894. The lowest BCUT2D eigenvalue weighted by Crippen LogP contribution is -2.33. The molecule has 1 aliphatic heterocycles. The number of aromatic nitrogens is 3. The number of amides is 2. The number of hydrogen-bond acceptors (Lipinski definition) is 4. The van der Waals surface area contributed by atoms with Crippen LogP contribution in [0.15, 0.2) is 30.6 Å².